The molecule has 0 fully saturated rings. The Hall–Kier alpha value is -2.32. The SMILES string of the molecule is Cc1ccc(C=Nc2ccccc2Cl)n1-c1ccccc1. The highest BCUT2D eigenvalue weighted by atomic mass is 35.5. The van der Waals surface area contributed by atoms with Crippen molar-refractivity contribution in [1.82, 2.24) is 4.57 Å². The molecule has 0 unspecified atom stereocenters. The van der Waals surface area contributed by atoms with Crippen LogP contribution in [-0.2, 0) is 0 Å². The van der Waals surface area contributed by atoms with Crippen LogP contribution in [0, 0.1) is 6.92 Å². The maximum absolute atomic E-state index is 6.13. The minimum Gasteiger partial charge on any atom is -0.313 e. The van der Waals surface area contributed by atoms with E-state index >= 15 is 0 Å². The molecule has 1 heterocycles. The second kappa shape index (κ2) is 5.98. The van der Waals surface area contributed by atoms with Gasteiger partial charge < -0.3 is 4.57 Å². The van der Waals surface area contributed by atoms with E-state index in [-0.39, 0.29) is 0 Å². The van der Waals surface area contributed by atoms with Crippen molar-refractivity contribution >= 4 is 23.5 Å². The lowest BCUT2D eigenvalue weighted by molar-refractivity contribution is 1.01. The second-order valence-electron chi connectivity index (χ2n) is 4.78. The van der Waals surface area contributed by atoms with Gasteiger partial charge >= 0.3 is 0 Å². The molecule has 0 saturated heterocycles. The molecule has 0 radical (unpaired) electrons. The highest BCUT2D eigenvalue weighted by molar-refractivity contribution is 6.33. The Labute approximate surface area is 129 Å². The van der Waals surface area contributed by atoms with Crippen molar-refractivity contribution in [2.45, 2.75) is 6.92 Å². The summed E-state index contributed by atoms with van der Waals surface area (Å²) in [6.07, 6.45) is 1.85. The molecule has 3 heteroatoms. The standard InChI is InChI=1S/C18H15ClN2/c1-14-11-12-16(21(14)15-7-3-2-4-8-15)13-20-18-10-6-5-9-17(18)19/h2-13H,1H3. The van der Waals surface area contributed by atoms with E-state index in [2.05, 4.69) is 40.7 Å². The highest BCUT2D eigenvalue weighted by Gasteiger charge is 2.05. The first kappa shape index (κ1) is 13.7. The van der Waals surface area contributed by atoms with E-state index in [0.717, 1.165) is 17.1 Å². The van der Waals surface area contributed by atoms with Crippen LogP contribution in [0.3, 0.4) is 0 Å². The van der Waals surface area contributed by atoms with Gasteiger partial charge in [0.05, 0.1) is 22.6 Å². The molecule has 0 amide bonds. The minimum absolute atomic E-state index is 0.656. The fourth-order valence-electron chi connectivity index (χ4n) is 2.28. The molecule has 2 nitrogen and oxygen atoms in total. The van der Waals surface area contributed by atoms with Gasteiger partial charge in [-0.25, -0.2) is 0 Å². The summed E-state index contributed by atoms with van der Waals surface area (Å²) in [4.78, 5) is 4.50. The Bertz CT molecular complexity index is 773. The van der Waals surface area contributed by atoms with Crippen LogP contribution in [0.25, 0.3) is 5.69 Å². The number of aromatic nitrogens is 1. The molecule has 1 aromatic heterocycles. The zero-order valence-corrected chi connectivity index (χ0v) is 12.5. The number of para-hydroxylation sites is 2. The van der Waals surface area contributed by atoms with Gasteiger partial charge in [0.15, 0.2) is 0 Å². The molecule has 21 heavy (non-hydrogen) atoms. The third kappa shape index (κ3) is 2.91. The van der Waals surface area contributed by atoms with Crippen LogP contribution < -0.4 is 0 Å². The van der Waals surface area contributed by atoms with Gasteiger partial charge in [0.1, 0.15) is 0 Å². The summed E-state index contributed by atoms with van der Waals surface area (Å²) in [7, 11) is 0. The molecule has 0 bridgehead atoms. The van der Waals surface area contributed by atoms with E-state index in [1.54, 1.807) is 0 Å². The molecule has 0 N–H and O–H groups in total. The first-order chi connectivity index (χ1) is 10.3. The number of hydrogen-bond donors (Lipinski definition) is 0. The van der Waals surface area contributed by atoms with Crippen molar-refractivity contribution in [2.75, 3.05) is 0 Å². The zero-order chi connectivity index (χ0) is 14.7. The van der Waals surface area contributed by atoms with Crippen LogP contribution in [0.5, 0.6) is 0 Å². The van der Waals surface area contributed by atoms with Crippen LogP contribution in [-0.4, -0.2) is 10.8 Å². The molecular formula is C18H15ClN2. The van der Waals surface area contributed by atoms with E-state index in [0.29, 0.717) is 5.02 Å². The number of nitrogens with zero attached hydrogens (tertiary/aromatic N) is 2. The van der Waals surface area contributed by atoms with Gasteiger partial charge in [-0.05, 0) is 43.3 Å². The van der Waals surface area contributed by atoms with Gasteiger partial charge in [0.25, 0.3) is 0 Å². The molecule has 3 aromatic rings. The second-order valence-corrected chi connectivity index (χ2v) is 5.19. The summed E-state index contributed by atoms with van der Waals surface area (Å²) in [6, 6.07) is 22.0. The predicted octanol–water partition coefficient (Wildman–Crippen LogP) is 5.19. The Morgan fingerprint density at radius 3 is 2.38 bits per heavy atom. The number of rotatable bonds is 3. The Morgan fingerprint density at radius 2 is 1.62 bits per heavy atom. The van der Waals surface area contributed by atoms with Gasteiger partial charge in [-0.3, -0.25) is 4.99 Å². The monoisotopic (exact) mass is 294 g/mol. The molecule has 104 valence electrons. The van der Waals surface area contributed by atoms with Crippen LogP contribution >= 0.6 is 11.6 Å². The van der Waals surface area contributed by atoms with E-state index in [4.69, 9.17) is 11.6 Å². The molecule has 3 rings (SSSR count). The summed E-state index contributed by atoms with van der Waals surface area (Å²) in [5.74, 6) is 0. The molecule has 2 aromatic carbocycles. The lowest BCUT2D eigenvalue weighted by Crippen LogP contribution is -2.00. The third-order valence-electron chi connectivity index (χ3n) is 3.31. The van der Waals surface area contributed by atoms with Crippen molar-refractivity contribution in [1.29, 1.82) is 0 Å². The average molecular weight is 295 g/mol. The van der Waals surface area contributed by atoms with Crippen molar-refractivity contribution in [3.8, 4) is 5.69 Å². The van der Waals surface area contributed by atoms with Crippen LogP contribution in [0.1, 0.15) is 11.4 Å². The van der Waals surface area contributed by atoms with Gasteiger partial charge in [-0.2, -0.15) is 0 Å². The topological polar surface area (TPSA) is 17.3 Å². The van der Waals surface area contributed by atoms with Crippen LogP contribution in [0.4, 0.5) is 5.69 Å². The van der Waals surface area contributed by atoms with Crippen LogP contribution in [0.2, 0.25) is 5.02 Å². The lowest BCUT2D eigenvalue weighted by atomic mass is 10.3. The number of aryl methyl sites for hydroxylation is 1. The summed E-state index contributed by atoms with van der Waals surface area (Å²) in [6.45, 7) is 2.08. The number of halogens is 1. The molecular weight excluding hydrogens is 280 g/mol. The van der Waals surface area contributed by atoms with Gasteiger partial charge in [-0.1, -0.05) is 41.9 Å². The largest absolute Gasteiger partial charge is 0.313 e. The Morgan fingerprint density at radius 1 is 0.905 bits per heavy atom. The minimum atomic E-state index is 0.656. The van der Waals surface area contributed by atoms with E-state index in [9.17, 15) is 0 Å². The zero-order valence-electron chi connectivity index (χ0n) is 11.7. The molecule has 0 spiro atoms. The molecule has 0 aliphatic carbocycles. The molecule has 0 atom stereocenters. The Balaban J connectivity index is 2.00. The fraction of sp³-hybridized carbons (Fsp3) is 0.0556. The fourth-order valence-corrected chi connectivity index (χ4v) is 2.47. The van der Waals surface area contributed by atoms with Gasteiger partial charge in [0, 0.05) is 11.4 Å². The molecule has 0 aliphatic rings. The summed E-state index contributed by atoms with van der Waals surface area (Å²) < 4.78 is 2.17. The smallest absolute Gasteiger partial charge is 0.0816 e. The molecule has 0 saturated carbocycles. The number of aliphatic imine (C=N–C) groups is 1. The van der Waals surface area contributed by atoms with Crippen LogP contribution in [0.15, 0.2) is 71.7 Å². The first-order valence-corrected chi connectivity index (χ1v) is 7.16. The third-order valence-corrected chi connectivity index (χ3v) is 3.63. The maximum Gasteiger partial charge on any atom is 0.0816 e. The lowest BCUT2D eigenvalue weighted by Gasteiger charge is -2.09. The van der Waals surface area contributed by atoms with Crippen molar-refractivity contribution < 1.29 is 0 Å². The van der Waals surface area contributed by atoms with Crippen molar-refractivity contribution in [2.24, 2.45) is 4.99 Å². The Kier molecular flexibility index (Phi) is 3.89. The highest BCUT2D eigenvalue weighted by Crippen LogP contribution is 2.24. The normalized spacial score (nSPS) is 11.1. The number of benzene rings is 2. The summed E-state index contributed by atoms with van der Waals surface area (Å²) >= 11 is 6.13. The first-order valence-electron chi connectivity index (χ1n) is 6.78. The molecule has 0 aliphatic heterocycles. The maximum atomic E-state index is 6.13. The summed E-state index contributed by atoms with van der Waals surface area (Å²) in [5.41, 5.74) is 4.10. The van der Waals surface area contributed by atoms with E-state index < -0.39 is 0 Å². The van der Waals surface area contributed by atoms with Gasteiger partial charge in [-0.15, -0.1) is 0 Å². The summed E-state index contributed by atoms with van der Waals surface area (Å²) in [5, 5.41) is 0.656. The predicted molar refractivity (Wildman–Crippen MR) is 89.2 cm³/mol. The number of hydrogen-bond acceptors (Lipinski definition) is 1. The van der Waals surface area contributed by atoms with Crippen molar-refractivity contribution in [3.05, 3.63) is 83.1 Å². The van der Waals surface area contributed by atoms with E-state index in [1.807, 2.05) is 48.7 Å². The van der Waals surface area contributed by atoms with Gasteiger partial charge in [0.2, 0.25) is 0 Å². The van der Waals surface area contributed by atoms with E-state index in [1.165, 1.54) is 5.69 Å². The average Bonchev–Trinajstić information content (AvgIpc) is 2.88. The quantitative estimate of drug-likeness (QED) is 0.592. The van der Waals surface area contributed by atoms with Crippen molar-refractivity contribution in [3.63, 3.8) is 0 Å².